The Morgan fingerprint density at radius 2 is 1.81 bits per heavy atom. The Hall–Kier alpha value is -2.30. The van der Waals surface area contributed by atoms with Gasteiger partial charge in [-0.1, -0.05) is 12.1 Å². The molecule has 0 spiro atoms. The van der Waals surface area contributed by atoms with E-state index in [1.165, 1.54) is 12.7 Å². The van der Waals surface area contributed by atoms with Gasteiger partial charge in [0, 0.05) is 44.1 Å². The van der Waals surface area contributed by atoms with E-state index in [4.69, 9.17) is 0 Å². The third-order valence-corrected chi connectivity index (χ3v) is 4.16. The molecule has 1 aromatic heterocycles. The van der Waals surface area contributed by atoms with Gasteiger partial charge in [0.1, 0.15) is 0 Å². The predicted octanol–water partition coefficient (Wildman–Crippen LogP) is 2.70. The van der Waals surface area contributed by atoms with Crippen LogP contribution in [0, 0.1) is 13.8 Å². The van der Waals surface area contributed by atoms with Crippen molar-refractivity contribution in [1.29, 1.82) is 0 Å². The van der Waals surface area contributed by atoms with E-state index in [2.05, 4.69) is 37.7 Å². The van der Waals surface area contributed by atoms with Crippen molar-refractivity contribution in [3.05, 3.63) is 46.8 Å². The second-order valence-electron chi connectivity index (χ2n) is 5.87. The van der Waals surface area contributed by atoms with Gasteiger partial charge in [-0.2, -0.15) is 5.10 Å². The van der Waals surface area contributed by atoms with Gasteiger partial charge in [0.2, 0.25) is 0 Å². The average molecular weight is 486 g/mol. The first kappa shape index (κ1) is 22.7. The van der Waals surface area contributed by atoms with Crippen LogP contribution in [0.2, 0.25) is 0 Å². The molecule has 3 N–H and O–H groups in total. The van der Waals surface area contributed by atoms with Crippen molar-refractivity contribution >= 4 is 41.7 Å². The smallest absolute Gasteiger partial charge is 0.411 e. The number of carbonyl (C=O) groups excluding carboxylic acids is 1. The fourth-order valence-electron chi connectivity index (χ4n) is 2.53. The summed E-state index contributed by atoms with van der Waals surface area (Å²) in [5.74, 6) is 0.712. The number of nitrogens with one attached hydrogen (secondary N) is 3. The summed E-state index contributed by atoms with van der Waals surface area (Å²) in [4.78, 5) is 15.4. The van der Waals surface area contributed by atoms with Crippen LogP contribution in [0.25, 0.3) is 0 Å². The third-order valence-electron chi connectivity index (χ3n) is 4.16. The quantitative estimate of drug-likeness (QED) is 0.344. The Labute approximate surface area is 176 Å². The van der Waals surface area contributed by atoms with Crippen LogP contribution in [0.1, 0.15) is 22.5 Å². The highest BCUT2D eigenvalue weighted by Crippen LogP contribution is 2.11. The number of rotatable bonds is 5. The van der Waals surface area contributed by atoms with Gasteiger partial charge in [-0.05, 0) is 31.5 Å². The maximum absolute atomic E-state index is 11.2. The van der Waals surface area contributed by atoms with E-state index in [0.717, 1.165) is 17.0 Å². The van der Waals surface area contributed by atoms with E-state index in [1.54, 1.807) is 7.05 Å². The zero-order valence-corrected chi connectivity index (χ0v) is 18.6. The number of hydrogen-bond acceptors (Lipinski definition) is 4. The number of guanidine groups is 1. The molecule has 0 aliphatic carbocycles. The summed E-state index contributed by atoms with van der Waals surface area (Å²) in [7, 11) is 5.01. The molecule has 0 bridgehead atoms. The number of aryl methyl sites for hydroxylation is 2. The summed E-state index contributed by atoms with van der Waals surface area (Å²) in [6, 6.07) is 7.51. The normalized spacial score (nSPS) is 10.8. The number of aromatic nitrogens is 2. The van der Waals surface area contributed by atoms with Crippen LogP contribution in [0.15, 0.2) is 29.3 Å². The van der Waals surface area contributed by atoms with Crippen molar-refractivity contribution in [2.24, 2.45) is 12.0 Å². The zero-order valence-electron chi connectivity index (χ0n) is 16.3. The molecule has 0 atom stereocenters. The molecular formula is C18H27IN6O2. The molecule has 9 heteroatoms. The molecular weight excluding hydrogens is 459 g/mol. The molecule has 0 saturated heterocycles. The summed E-state index contributed by atoms with van der Waals surface area (Å²) in [5.41, 5.74) is 5.08. The van der Waals surface area contributed by atoms with Crippen LogP contribution >= 0.6 is 24.0 Å². The van der Waals surface area contributed by atoms with Gasteiger partial charge >= 0.3 is 6.09 Å². The van der Waals surface area contributed by atoms with E-state index < -0.39 is 6.09 Å². The number of halogens is 1. The lowest BCUT2D eigenvalue weighted by Gasteiger charge is -2.12. The Morgan fingerprint density at radius 3 is 2.33 bits per heavy atom. The summed E-state index contributed by atoms with van der Waals surface area (Å²) in [6.45, 7) is 5.33. The van der Waals surface area contributed by atoms with Crippen molar-refractivity contribution < 1.29 is 9.53 Å². The van der Waals surface area contributed by atoms with Gasteiger partial charge in [0.25, 0.3) is 0 Å². The van der Waals surface area contributed by atoms with Crippen LogP contribution in [-0.4, -0.2) is 36.0 Å². The molecule has 8 nitrogen and oxygen atoms in total. The van der Waals surface area contributed by atoms with Crippen molar-refractivity contribution in [2.75, 3.05) is 19.5 Å². The van der Waals surface area contributed by atoms with Crippen molar-refractivity contribution in [3.8, 4) is 0 Å². The number of anilines is 1. The Morgan fingerprint density at radius 1 is 1.19 bits per heavy atom. The lowest BCUT2D eigenvalue weighted by atomic mass is 10.2. The zero-order chi connectivity index (χ0) is 19.1. The van der Waals surface area contributed by atoms with E-state index in [-0.39, 0.29) is 24.0 Å². The number of aliphatic imine (C=N–C) groups is 1. The first-order valence-corrected chi connectivity index (χ1v) is 8.32. The van der Waals surface area contributed by atoms with Crippen molar-refractivity contribution in [1.82, 2.24) is 20.4 Å². The fourth-order valence-corrected chi connectivity index (χ4v) is 2.53. The van der Waals surface area contributed by atoms with Crippen LogP contribution in [0.3, 0.4) is 0 Å². The second-order valence-corrected chi connectivity index (χ2v) is 5.87. The largest absolute Gasteiger partial charge is 0.453 e. The topological polar surface area (TPSA) is 92.6 Å². The van der Waals surface area contributed by atoms with E-state index in [0.29, 0.717) is 24.7 Å². The molecule has 0 saturated carbocycles. The minimum atomic E-state index is -0.485. The van der Waals surface area contributed by atoms with Crippen molar-refractivity contribution in [2.45, 2.75) is 26.9 Å². The van der Waals surface area contributed by atoms with E-state index in [1.807, 2.05) is 42.9 Å². The molecule has 0 unspecified atom stereocenters. The third kappa shape index (κ3) is 6.42. The molecule has 1 aromatic carbocycles. The lowest BCUT2D eigenvalue weighted by molar-refractivity contribution is 0.187. The minimum absolute atomic E-state index is 0. The monoisotopic (exact) mass is 486 g/mol. The highest BCUT2D eigenvalue weighted by Gasteiger charge is 2.09. The van der Waals surface area contributed by atoms with Crippen LogP contribution in [0.4, 0.5) is 10.5 Å². The number of benzene rings is 1. The van der Waals surface area contributed by atoms with Gasteiger partial charge in [0.15, 0.2) is 5.96 Å². The molecule has 0 aliphatic rings. The number of carbonyl (C=O) groups is 1. The molecule has 2 rings (SSSR count). The molecule has 1 amide bonds. The molecule has 1 heterocycles. The van der Waals surface area contributed by atoms with Crippen LogP contribution in [0.5, 0.6) is 0 Å². The number of methoxy groups -OCH3 is 1. The molecule has 27 heavy (non-hydrogen) atoms. The second kappa shape index (κ2) is 10.8. The maximum atomic E-state index is 11.2. The SMILES string of the molecule is CN=C(NCc1ccc(NC(=O)OC)cc1)NCc1c(C)nn(C)c1C.I. The lowest BCUT2D eigenvalue weighted by Crippen LogP contribution is -2.36. The summed E-state index contributed by atoms with van der Waals surface area (Å²) < 4.78 is 6.45. The van der Waals surface area contributed by atoms with E-state index in [9.17, 15) is 4.79 Å². The van der Waals surface area contributed by atoms with Crippen LogP contribution in [-0.2, 0) is 24.9 Å². The van der Waals surface area contributed by atoms with Gasteiger partial charge in [-0.15, -0.1) is 24.0 Å². The molecule has 148 valence electrons. The number of hydrogen-bond donors (Lipinski definition) is 3. The standard InChI is InChI=1S/C18H26N6O2.HI/c1-12-16(13(2)24(4)23-12)11-21-17(19-3)20-10-14-6-8-15(9-7-14)22-18(25)26-5;/h6-9H,10-11H2,1-5H3,(H,22,25)(H2,19,20,21);1H. The van der Waals surface area contributed by atoms with Crippen LogP contribution < -0.4 is 16.0 Å². The average Bonchev–Trinajstić information content (AvgIpc) is 2.88. The summed E-state index contributed by atoms with van der Waals surface area (Å²) in [5, 5.41) is 13.6. The fraction of sp³-hybridized carbons (Fsp3) is 0.389. The molecule has 0 radical (unpaired) electrons. The number of amides is 1. The van der Waals surface area contributed by atoms with Crippen molar-refractivity contribution in [3.63, 3.8) is 0 Å². The van der Waals surface area contributed by atoms with Gasteiger partial charge in [-0.3, -0.25) is 15.0 Å². The molecule has 0 fully saturated rings. The van der Waals surface area contributed by atoms with Gasteiger partial charge in [0.05, 0.1) is 12.8 Å². The predicted molar refractivity (Wildman–Crippen MR) is 118 cm³/mol. The number of ether oxygens (including phenoxy) is 1. The maximum Gasteiger partial charge on any atom is 0.411 e. The summed E-state index contributed by atoms with van der Waals surface area (Å²) in [6.07, 6.45) is -0.485. The molecule has 0 aliphatic heterocycles. The Kier molecular flexibility index (Phi) is 9.06. The Balaban J connectivity index is 0.00000364. The highest BCUT2D eigenvalue weighted by molar-refractivity contribution is 14.0. The van der Waals surface area contributed by atoms with Gasteiger partial charge in [-0.25, -0.2) is 4.79 Å². The van der Waals surface area contributed by atoms with E-state index >= 15 is 0 Å². The number of nitrogens with zero attached hydrogens (tertiary/aromatic N) is 3. The highest BCUT2D eigenvalue weighted by atomic mass is 127. The Bertz CT molecular complexity index is 786. The molecule has 2 aromatic rings. The van der Waals surface area contributed by atoms with Gasteiger partial charge < -0.3 is 15.4 Å². The minimum Gasteiger partial charge on any atom is -0.453 e. The first-order valence-electron chi connectivity index (χ1n) is 8.32. The summed E-state index contributed by atoms with van der Waals surface area (Å²) >= 11 is 0. The first-order chi connectivity index (χ1) is 12.4.